The lowest BCUT2D eigenvalue weighted by Gasteiger charge is -2.10. The Morgan fingerprint density at radius 3 is 2.65 bits per heavy atom. The van der Waals surface area contributed by atoms with Gasteiger partial charge in [0, 0.05) is 22.1 Å². The lowest BCUT2D eigenvalue weighted by molar-refractivity contribution is 0.0500. The minimum atomic E-state index is -0.317. The number of esters is 1. The zero-order chi connectivity index (χ0) is 18.5. The molecule has 3 rings (SSSR count). The molecule has 0 radical (unpaired) electrons. The first-order valence-electron chi connectivity index (χ1n) is 8.72. The highest BCUT2D eigenvalue weighted by atomic mass is 35.5. The van der Waals surface area contributed by atoms with E-state index in [4.69, 9.17) is 21.1 Å². The Hall–Kier alpha value is -2.46. The monoisotopic (exact) mass is 371 g/mol. The topological polar surface area (TPSA) is 51.3 Å². The number of aromatic amines is 1. The highest BCUT2D eigenvalue weighted by Crippen LogP contribution is 2.23. The van der Waals surface area contributed by atoms with Crippen LogP contribution in [0.25, 0.3) is 10.9 Å². The molecule has 1 N–H and O–H groups in total. The maximum Gasteiger partial charge on any atom is 0.338 e. The van der Waals surface area contributed by atoms with Gasteiger partial charge >= 0.3 is 5.97 Å². The van der Waals surface area contributed by atoms with Gasteiger partial charge in [0.1, 0.15) is 5.75 Å². The number of fused-ring (bicyclic) bond motifs is 1. The minimum absolute atomic E-state index is 0.104. The molecule has 1 heterocycles. The van der Waals surface area contributed by atoms with Crippen LogP contribution >= 0.6 is 11.6 Å². The van der Waals surface area contributed by atoms with Gasteiger partial charge in [-0.1, -0.05) is 11.6 Å². The van der Waals surface area contributed by atoms with Crippen molar-refractivity contribution in [3.8, 4) is 5.75 Å². The molecule has 136 valence electrons. The molecule has 0 fully saturated rings. The van der Waals surface area contributed by atoms with Gasteiger partial charge in [0.05, 0.1) is 18.3 Å². The van der Waals surface area contributed by atoms with E-state index in [0.717, 1.165) is 34.5 Å². The molecule has 0 bridgehead atoms. The van der Waals surface area contributed by atoms with Crippen molar-refractivity contribution in [1.29, 1.82) is 0 Å². The molecule has 0 amide bonds. The number of H-pyrrole nitrogens is 1. The molecule has 4 nitrogen and oxygen atoms in total. The Morgan fingerprint density at radius 1 is 1.15 bits per heavy atom. The van der Waals surface area contributed by atoms with Gasteiger partial charge in [-0.3, -0.25) is 0 Å². The summed E-state index contributed by atoms with van der Waals surface area (Å²) in [6.07, 6.45) is 3.65. The SMILES string of the molecule is CC(C)Oc1ccc(C(=O)OCCCc2c[nH]c3ccc(Cl)cc23)cc1. The molecule has 0 saturated heterocycles. The number of hydrogen-bond acceptors (Lipinski definition) is 3. The van der Waals surface area contributed by atoms with Crippen LogP contribution < -0.4 is 4.74 Å². The van der Waals surface area contributed by atoms with Gasteiger partial charge in [-0.15, -0.1) is 0 Å². The fourth-order valence-electron chi connectivity index (χ4n) is 2.81. The average molecular weight is 372 g/mol. The maximum absolute atomic E-state index is 12.1. The van der Waals surface area contributed by atoms with Crippen molar-refractivity contribution in [1.82, 2.24) is 4.98 Å². The number of hydrogen-bond donors (Lipinski definition) is 1. The second-order valence-electron chi connectivity index (χ2n) is 6.43. The Labute approximate surface area is 158 Å². The van der Waals surface area contributed by atoms with E-state index in [1.807, 2.05) is 38.2 Å². The third-order valence-electron chi connectivity index (χ3n) is 4.01. The fraction of sp³-hybridized carbons (Fsp3) is 0.286. The highest BCUT2D eigenvalue weighted by molar-refractivity contribution is 6.31. The smallest absolute Gasteiger partial charge is 0.338 e. The molecular weight excluding hydrogens is 350 g/mol. The Bertz CT molecular complexity index is 884. The molecule has 0 atom stereocenters. The van der Waals surface area contributed by atoms with E-state index in [-0.39, 0.29) is 12.1 Å². The van der Waals surface area contributed by atoms with Crippen molar-refractivity contribution >= 4 is 28.5 Å². The summed E-state index contributed by atoms with van der Waals surface area (Å²) in [5.41, 5.74) is 2.76. The third kappa shape index (κ3) is 4.58. The zero-order valence-corrected chi connectivity index (χ0v) is 15.7. The Balaban J connectivity index is 1.49. The number of benzene rings is 2. The summed E-state index contributed by atoms with van der Waals surface area (Å²) in [6, 6.07) is 12.8. The molecule has 5 heteroatoms. The molecule has 1 aromatic heterocycles. The predicted molar refractivity (Wildman–Crippen MR) is 104 cm³/mol. The predicted octanol–water partition coefficient (Wildman–Crippen LogP) is 5.40. The quantitative estimate of drug-likeness (QED) is 0.447. The molecule has 0 aliphatic carbocycles. The van der Waals surface area contributed by atoms with E-state index in [1.54, 1.807) is 24.3 Å². The number of ether oxygens (including phenoxy) is 2. The van der Waals surface area contributed by atoms with Crippen LogP contribution in [0.4, 0.5) is 0 Å². The van der Waals surface area contributed by atoms with Gasteiger partial charge in [-0.25, -0.2) is 4.79 Å². The Kier molecular flexibility index (Phi) is 5.84. The highest BCUT2D eigenvalue weighted by Gasteiger charge is 2.09. The molecule has 0 spiro atoms. The van der Waals surface area contributed by atoms with E-state index in [1.165, 1.54) is 5.56 Å². The standard InChI is InChI=1S/C21H22ClNO3/c1-14(2)26-18-8-5-15(6-9-18)21(24)25-11-3-4-16-13-23-20-10-7-17(22)12-19(16)20/h5-10,12-14,23H,3-4,11H2,1-2H3. The number of halogens is 1. The number of rotatable bonds is 7. The summed E-state index contributed by atoms with van der Waals surface area (Å²) in [5, 5.41) is 1.83. The van der Waals surface area contributed by atoms with Crippen LogP contribution in [-0.4, -0.2) is 23.7 Å². The van der Waals surface area contributed by atoms with Crippen molar-refractivity contribution in [3.05, 3.63) is 64.8 Å². The van der Waals surface area contributed by atoms with Gasteiger partial charge in [0.25, 0.3) is 0 Å². The maximum atomic E-state index is 12.1. The lowest BCUT2D eigenvalue weighted by Crippen LogP contribution is -2.08. The van der Waals surface area contributed by atoms with Crippen molar-refractivity contribution in [2.24, 2.45) is 0 Å². The van der Waals surface area contributed by atoms with Crippen LogP contribution in [0, 0.1) is 0 Å². The van der Waals surface area contributed by atoms with Gasteiger partial charge < -0.3 is 14.5 Å². The lowest BCUT2D eigenvalue weighted by atomic mass is 10.1. The van der Waals surface area contributed by atoms with Gasteiger partial charge in [-0.05, 0) is 74.7 Å². The number of aryl methyl sites for hydroxylation is 1. The molecule has 0 aliphatic rings. The van der Waals surface area contributed by atoms with E-state index >= 15 is 0 Å². The molecule has 2 aromatic carbocycles. The second-order valence-corrected chi connectivity index (χ2v) is 6.87. The fourth-order valence-corrected chi connectivity index (χ4v) is 2.98. The summed E-state index contributed by atoms with van der Waals surface area (Å²) in [4.78, 5) is 15.3. The van der Waals surface area contributed by atoms with Crippen LogP contribution in [0.5, 0.6) is 5.75 Å². The summed E-state index contributed by atoms with van der Waals surface area (Å²) in [5.74, 6) is 0.428. The number of nitrogens with one attached hydrogen (secondary N) is 1. The summed E-state index contributed by atoms with van der Waals surface area (Å²) >= 11 is 6.06. The van der Waals surface area contributed by atoms with E-state index in [9.17, 15) is 4.79 Å². The van der Waals surface area contributed by atoms with Crippen molar-refractivity contribution in [3.63, 3.8) is 0 Å². The molecule has 0 unspecified atom stereocenters. The average Bonchev–Trinajstić information content (AvgIpc) is 3.01. The summed E-state index contributed by atoms with van der Waals surface area (Å²) < 4.78 is 10.9. The van der Waals surface area contributed by atoms with Crippen molar-refractivity contribution in [2.45, 2.75) is 32.8 Å². The zero-order valence-electron chi connectivity index (χ0n) is 14.9. The molecule has 0 aliphatic heterocycles. The van der Waals surface area contributed by atoms with Crippen LogP contribution in [0.3, 0.4) is 0 Å². The van der Waals surface area contributed by atoms with Gasteiger partial charge in [-0.2, -0.15) is 0 Å². The van der Waals surface area contributed by atoms with Gasteiger partial charge in [0.15, 0.2) is 0 Å². The number of aromatic nitrogens is 1. The largest absolute Gasteiger partial charge is 0.491 e. The van der Waals surface area contributed by atoms with E-state index in [0.29, 0.717) is 12.2 Å². The van der Waals surface area contributed by atoms with Crippen LogP contribution in [0.2, 0.25) is 5.02 Å². The first kappa shape index (κ1) is 18.3. The van der Waals surface area contributed by atoms with Gasteiger partial charge in [0.2, 0.25) is 0 Å². The molecule has 26 heavy (non-hydrogen) atoms. The van der Waals surface area contributed by atoms with E-state index in [2.05, 4.69) is 4.98 Å². The van der Waals surface area contributed by atoms with E-state index < -0.39 is 0 Å². The summed E-state index contributed by atoms with van der Waals surface area (Å²) in [6.45, 7) is 4.30. The van der Waals surface area contributed by atoms with Crippen molar-refractivity contribution < 1.29 is 14.3 Å². The first-order valence-corrected chi connectivity index (χ1v) is 9.10. The molecular formula is C21H22ClNO3. The van der Waals surface area contributed by atoms with Crippen LogP contribution in [0.1, 0.15) is 36.2 Å². The molecule has 3 aromatic rings. The second kappa shape index (κ2) is 8.28. The minimum Gasteiger partial charge on any atom is -0.491 e. The van der Waals surface area contributed by atoms with Crippen molar-refractivity contribution in [2.75, 3.05) is 6.61 Å². The van der Waals surface area contributed by atoms with Crippen LogP contribution in [-0.2, 0) is 11.2 Å². The van der Waals surface area contributed by atoms with Crippen LogP contribution in [0.15, 0.2) is 48.7 Å². The molecule has 0 saturated carbocycles. The third-order valence-corrected chi connectivity index (χ3v) is 4.25. The summed E-state index contributed by atoms with van der Waals surface area (Å²) in [7, 11) is 0. The first-order chi connectivity index (χ1) is 12.5. The number of carbonyl (C=O) groups excluding carboxylic acids is 1. The Morgan fingerprint density at radius 2 is 1.92 bits per heavy atom. The number of carbonyl (C=O) groups is 1. The normalized spacial score (nSPS) is 11.1.